The molecular weight excluding hydrogens is 320 g/mol. The van der Waals surface area contributed by atoms with Gasteiger partial charge in [-0.2, -0.15) is 4.98 Å². The molecule has 0 aliphatic heterocycles. The molecule has 8 nitrogen and oxygen atoms in total. The first-order valence-electron chi connectivity index (χ1n) is 6.93. The second-order valence-corrected chi connectivity index (χ2v) is 7.32. The highest BCUT2D eigenvalue weighted by Crippen LogP contribution is 2.30. The predicted molar refractivity (Wildman–Crippen MR) is 84.9 cm³/mol. The highest BCUT2D eigenvalue weighted by molar-refractivity contribution is 7.89. The molecule has 0 fully saturated rings. The van der Waals surface area contributed by atoms with E-state index in [0.717, 1.165) is 4.31 Å². The van der Waals surface area contributed by atoms with Crippen LogP contribution in [-0.4, -0.2) is 44.1 Å². The number of hydrogen-bond acceptors (Lipinski definition) is 7. The summed E-state index contributed by atoms with van der Waals surface area (Å²) in [4.78, 5) is 4.24. The summed E-state index contributed by atoms with van der Waals surface area (Å²) in [7, 11) is 0.752. The van der Waals surface area contributed by atoms with Crippen LogP contribution in [-0.2, 0) is 10.0 Å². The van der Waals surface area contributed by atoms with Crippen LogP contribution in [0.15, 0.2) is 27.6 Å². The Morgan fingerprint density at radius 1 is 1.35 bits per heavy atom. The Labute approximate surface area is 135 Å². The molecule has 1 atom stereocenters. The highest BCUT2D eigenvalue weighted by atomic mass is 32.2. The van der Waals surface area contributed by atoms with E-state index in [2.05, 4.69) is 15.5 Å². The highest BCUT2D eigenvalue weighted by Gasteiger charge is 2.23. The molecule has 1 N–H and O–H groups in total. The van der Waals surface area contributed by atoms with Crippen LogP contribution in [0, 0.1) is 6.92 Å². The van der Waals surface area contributed by atoms with Crippen molar-refractivity contribution in [2.75, 3.05) is 26.5 Å². The van der Waals surface area contributed by atoms with Crippen LogP contribution in [0.5, 0.6) is 5.75 Å². The molecule has 1 aromatic heterocycles. The van der Waals surface area contributed by atoms with Crippen molar-refractivity contribution < 1.29 is 17.7 Å². The van der Waals surface area contributed by atoms with Crippen LogP contribution in [0.4, 0.5) is 5.69 Å². The molecule has 23 heavy (non-hydrogen) atoms. The lowest BCUT2D eigenvalue weighted by Crippen LogP contribution is -2.23. The average Bonchev–Trinajstić information content (AvgIpc) is 2.93. The number of sulfonamides is 1. The van der Waals surface area contributed by atoms with Gasteiger partial charge < -0.3 is 14.6 Å². The van der Waals surface area contributed by atoms with Gasteiger partial charge in [0.2, 0.25) is 15.9 Å². The number of methoxy groups -OCH3 is 1. The molecule has 2 aromatic rings. The first-order chi connectivity index (χ1) is 10.8. The summed E-state index contributed by atoms with van der Waals surface area (Å²) >= 11 is 0. The van der Waals surface area contributed by atoms with Crippen molar-refractivity contribution in [3.8, 4) is 5.75 Å². The van der Waals surface area contributed by atoms with Gasteiger partial charge in [-0.1, -0.05) is 5.16 Å². The van der Waals surface area contributed by atoms with Crippen LogP contribution in [0.25, 0.3) is 0 Å². The van der Waals surface area contributed by atoms with Crippen molar-refractivity contribution in [3.63, 3.8) is 0 Å². The largest absolute Gasteiger partial charge is 0.495 e. The summed E-state index contributed by atoms with van der Waals surface area (Å²) in [6, 6.07) is 4.59. The van der Waals surface area contributed by atoms with E-state index in [1.807, 2.05) is 6.92 Å². The minimum absolute atomic E-state index is 0.0870. The second kappa shape index (κ2) is 6.55. The molecule has 0 amide bonds. The van der Waals surface area contributed by atoms with Crippen molar-refractivity contribution in [1.82, 2.24) is 14.4 Å². The van der Waals surface area contributed by atoms with Gasteiger partial charge in [-0.15, -0.1) is 0 Å². The molecule has 2 rings (SSSR count). The fourth-order valence-electron chi connectivity index (χ4n) is 1.97. The zero-order chi connectivity index (χ0) is 17.2. The first-order valence-corrected chi connectivity index (χ1v) is 8.37. The quantitative estimate of drug-likeness (QED) is 0.856. The molecule has 0 saturated carbocycles. The topological polar surface area (TPSA) is 97.6 Å². The third kappa shape index (κ3) is 3.62. The lowest BCUT2D eigenvalue weighted by atomic mass is 10.2. The number of aryl methyl sites for hydroxylation is 1. The summed E-state index contributed by atoms with van der Waals surface area (Å²) in [5.41, 5.74) is 0.606. The first kappa shape index (κ1) is 17.2. The van der Waals surface area contributed by atoms with E-state index < -0.39 is 10.0 Å². The van der Waals surface area contributed by atoms with Gasteiger partial charge in [-0.3, -0.25) is 0 Å². The van der Waals surface area contributed by atoms with E-state index >= 15 is 0 Å². The molecule has 126 valence electrons. The number of nitrogens with zero attached hydrogens (tertiary/aromatic N) is 3. The number of nitrogens with one attached hydrogen (secondary N) is 1. The number of benzene rings is 1. The van der Waals surface area contributed by atoms with E-state index in [-0.39, 0.29) is 16.7 Å². The number of hydrogen-bond donors (Lipinski definition) is 1. The summed E-state index contributed by atoms with van der Waals surface area (Å²) in [5, 5.41) is 6.88. The SMILES string of the molecule is COc1ccc(N[C@H](C)c2nc(C)no2)cc1S(=O)(=O)N(C)C. The molecule has 0 bridgehead atoms. The van der Waals surface area contributed by atoms with Gasteiger partial charge in [-0.05, 0) is 32.0 Å². The van der Waals surface area contributed by atoms with Gasteiger partial charge in [0.15, 0.2) is 5.82 Å². The van der Waals surface area contributed by atoms with Crippen LogP contribution in [0.2, 0.25) is 0 Å². The summed E-state index contributed by atoms with van der Waals surface area (Å²) in [6.45, 7) is 3.58. The second-order valence-electron chi connectivity index (χ2n) is 5.20. The van der Waals surface area contributed by atoms with Crippen molar-refractivity contribution in [2.24, 2.45) is 0 Å². The van der Waals surface area contributed by atoms with E-state index in [9.17, 15) is 8.42 Å². The number of rotatable bonds is 6. The Balaban J connectivity index is 2.34. The van der Waals surface area contributed by atoms with Crippen molar-refractivity contribution >= 4 is 15.7 Å². The fourth-order valence-corrected chi connectivity index (χ4v) is 3.04. The van der Waals surface area contributed by atoms with Gasteiger partial charge in [0.05, 0.1) is 7.11 Å². The van der Waals surface area contributed by atoms with E-state index in [1.165, 1.54) is 27.3 Å². The Kier molecular flexibility index (Phi) is 4.90. The summed E-state index contributed by atoms with van der Waals surface area (Å²) in [6.07, 6.45) is 0. The molecular formula is C14H20N4O4S. The van der Waals surface area contributed by atoms with Gasteiger partial charge in [0.25, 0.3) is 0 Å². The minimum Gasteiger partial charge on any atom is -0.495 e. The van der Waals surface area contributed by atoms with Crippen LogP contribution < -0.4 is 10.1 Å². The predicted octanol–water partition coefficient (Wildman–Crippen LogP) is 1.81. The van der Waals surface area contributed by atoms with Crippen molar-refractivity contribution in [3.05, 3.63) is 29.9 Å². The van der Waals surface area contributed by atoms with Crippen molar-refractivity contribution in [1.29, 1.82) is 0 Å². The third-order valence-corrected chi connectivity index (χ3v) is 5.06. The fraction of sp³-hybridized carbons (Fsp3) is 0.429. The molecule has 0 saturated heterocycles. The monoisotopic (exact) mass is 340 g/mol. The molecule has 0 unspecified atom stereocenters. The Hall–Kier alpha value is -2.13. The van der Waals surface area contributed by atoms with Crippen LogP contribution in [0.1, 0.15) is 24.7 Å². The lowest BCUT2D eigenvalue weighted by Gasteiger charge is -2.17. The minimum atomic E-state index is -3.62. The van der Waals surface area contributed by atoms with E-state index in [0.29, 0.717) is 17.4 Å². The standard InChI is InChI=1S/C14H20N4O4S/c1-9(14-16-10(2)17-22-14)15-11-6-7-12(21-5)13(8-11)23(19,20)18(3)4/h6-9,15H,1-5H3/t9-/m1/s1. The number of anilines is 1. The Morgan fingerprint density at radius 2 is 2.04 bits per heavy atom. The van der Waals surface area contributed by atoms with Gasteiger partial charge >= 0.3 is 0 Å². The summed E-state index contributed by atoms with van der Waals surface area (Å²) < 4.78 is 36.2. The lowest BCUT2D eigenvalue weighted by molar-refractivity contribution is 0.364. The zero-order valence-corrected chi connectivity index (χ0v) is 14.5. The average molecular weight is 340 g/mol. The molecule has 0 radical (unpaired) electrons. The maximum absolute atomic E-state index is 12.4. The number of aromatic nitrogens is 2. The number of ether oxygens (including phenoxy) is 1. The normalized spacial score (nSPS) is 13.1. The zero-order valence-electron chi connectivity index (χ0n) is 13.7. The van der Waals surface area contributed by atoms with Gasteiger partial charge in [-0.25, -0.2) is 12.7 Å². The van der Waals surface area contributed by atoms with Crippen LogP contribution in [0.3, 0.4) is 0 Å². The maximum Gasteiger partial charge on any atom is 0.248 e. The molecule has 0 aliphatic carbocycles. The molecule has 0 spiro atoms. The molecule has 1 aromatic carbocycles. The van der Waals surface area contributed by atoms with Gasteiger partial charge in [0.1, 0.15) is 16.7 Å². The third-order valence-electron chi connectivity index (χ3n) is 3.22. The van der Waals surface area contributed by atoms with E-state index in [1.54, 1.807) is 19.1 Å². The molecule has 1 heterocycles. The van der Waals surface area contributed by atoms with E-state index in [4.69, 9.17) is 9.26 Å². The Morgan fingerprint density at radius 3 is 2.57 bits per heavy atom. The maximum atomic E-state index is 12.4. The van der Waals surface area contributed by atoms with Crippen molar-refractivity contribution in [2.45, 2.75) is 24.8 Å². The molecule has 0 aliphatic rings. The van der Waals surface area contributed by atoms with Gasteiger partial charge in [0, 0.05) is 19.8 Å². The smallest absolute Gasteiger partial charge is 0.248 e. The Bertz CT molecular complexity index is 786. The van der Waals surface area contributed by atoms with Crippen LogP contribution >= 0.6 is 0 Å². The summed E-state index contributed by atoms with van der Waals surface area (Å²) in [5.74, 6) is 1.25. The molecule has 9 heteroatoms.